The summed E-state index contributed by atoms with van der Waals surface area (Å²) in [7, 11) is 1.63. The number of nitrogens with two attached hydrogens (primary N) is 1. The van der Waals surface area contributed by atoms with Crippen LogP contribution in [0.3, 0.4) is 0 Å². The van der Waals surface area contributed by atoms with Gasteiger partial charge in [0, 0.05) is 17.3 Å². The zero-order valence-corrected chi connectivity index (χ0v) is 16.8. The lowest BCUT2D eigenvalue weighted by atomic mass is 10.1. The molecule has 0 fully saturated rings. The van der Waals surface area contributed by atoms with Gasteiger partial charge in [-0.2, -0.15) is 0 Å². The van der Waals surface area contributed by atoms with Gasteiger partial charge in [0.1, 0.15) is 15.5 Å². The Bertz CT molecular complexity index is 1200. The molecule has 0 atom stereocenters. The topological polar surface area (TPSA) is 77.2 Å². The molecule has 142 valence electrons. The summed E-state index contributed by atoms with van der Waals surface area (Å²) in [6, 6.07) is 13.8. The SMILES string of the molecule is COc1ccc(CNC(=O)c2sc3nc4cc(C)c(C)cc4cc3c2N)cc1. The molecule has 0 saturated heterocycles. The smallest absolute Gasteiger partial charge is 0.263 e. The first-order chi connectivity index (χ1) is 13.5. The van der Waals surface area contributed by atoms with Crippen molar-refractivity contribution in [2.75, 3.05) is 12.8 Å². The van der Waals surface area contributed by atoms with Crippen molar-refractivity contribution in [1.29, 1.82) is 0 Å². The molecule has 0 aliphatic heterocycles. The van der Waals surface area contributed by atoms with Crippen LogP contribution in [-0.4, -0.2) is 18.0 Å². The van der Waals surface area contributed by atoms with Crippen molar-refractivity contribution in [1.82, 2.24) is 10.3 Å². The molecule has 5 nitrogen and oxygen atoms in total. The summed E-state index contributed by atoms with van der Waals surface area (Å²) in [5, 5.41) is 4.80. The maximum Gasteiger partial charge on any atom is 0.263 e. The average molecular weight is 391 g/mol. The van der Waals surface area contributed by atoms with Crippen LogP contribution in [0, 0.1) is 13.8 Å². The number of fused-ring (bicyclic) bond motifs is 2. The third kappa shape index (κ3) is 3.27. The van der Waals surface area contributed by atoms with E-state index in [-0.39, 0.29) is 5.91 Å². The Morgan fingerprint density at radius 3 is 2.57 bits per heavy atom. The lowest BCUT2D eigenvalue weighted by Gasteiger charge is -2.06. The number of anilines is 1. The molecule has 0 bridgehead atoms. The number of nitrogen functional groups attached to an aromatic ring is 1. The molecule has 2 heterocycles. The number of hydrogen-bond acceptors (Lipinski definition) is 5. The average Bonchev–Trinajstić information content (AvgIpc) is 3.01. The van der Waals surface area contributed by atoms with E-state index in [1.54, 1.807) is 7.11 Å². The van der Waals surface area contributed by atoms with Gasteiger partial charge in [-0.25, -0.2) is 4.98 Å². The van der Waals surface area contributed by atoms with E-state index < -0.39 is 0 Å². The number of thiophene rings is 1. The normalized spacial score (nSPS) is 11.1. The number of methoxy groups -OCH3 is 1. The molecule has 4 rings (SSSR count). The Morgan fingerprint density at radius 2 is 1.86 bits per heavy atom. The van der Waals surface area contributed by atoms with Crippen molar-refractivity contribution in [2.45, 2.75) is 20.4 Å². The van der Waals surface area contributed by atoms with E-state index in [0.29, 0.717) is 17.1 Å². The molecule has 0 spiro atoms. The van der Waals surface area contributed by atoms with Crippen LogP contribution in [0.2, 0.25) is 0 Å². The van der Waals surface area contributed by atoms with Gasteiger partial charge in [0.05, 0.1) is 18.3 Å². The van der Waals surface area contributed by atoms with Crippen molar-refractivity contribution >= 4 is 44.1 Å². The number of rotatable bonds is 4. The summed E-state index contributed by atoms with van der Waals surface area (Å²) in [5.41, 5.74) is 11.1. The van der Waals surface area contributed by atoms with Gasteiger partial charge in [-0.05, 0) is 60.9 Å². The number of nitrogens with zero attached hydrogens (tertiary/aromatic N) is 1. The van der Waals surface area contributed by atoms with Crippen molar-refractivity contribution in [3.05, 3.63) is 64.0 Å². The lowest BCUT2D eigenvalue weighted by Crippen LogP contribution is -2.22. The monoisotopic (exact) mass is 391 g/mol. The van der Waals surface area contributed by atoms with Crippen LogP contribution in [-0.2, 0) is 6.54 Å². The molecule has 2 aromatic carbocycles. The van der Waals surface area contributed by atoms with E-state index in [0.717, 1.165) is 32.4 Å². The van der Waals surface area contributed by atoms with Crippen LogP contribution in [0.1, 0.15) is 26.4 Å². The quantitative estimate of drug-likeness (QED) is 0.533. The predicted molar refractivity (Wildman–Crippen MR) is 115 cm³/mol. The highest BCUT2D eigenvalue weighted by atomic mass is 32.1. The van der Waals surface area contributed by atoms with Gasteiger partial charge < -0.3 is 15.8 Å². The summed E-state index contributed by atoms with van der Waals surface area (Å²) in [6.45, 7) is 4.57. The molecular formula is C22H21N3O2S. The van der Waals surface area contributed by atoms with Crippen LogP contribution < -0.4 is 15.8 Å². The fraction of sp³-hybridized carbons (Fsp3) is 0.182. The summed E-state index contributed by atoms with van der Waals surface area (Å²) >= 11 is 1.33. The van der Waals surface area contributed by atoms with E-state index in [4.69, 9.17) is 15.5 Å². The van der Waals surface area contributed by atoms with E-state index in [2.05, 4.69) is 31.3 Å². The van der Waals surface area contributed by atoms with E-state index in [1.807, 2.05) is 30.3 Å². The minimum absolute atomic E-state index is 0.187. The lowest BCUT2D eigenvalue weighted by molar-refractivity contribution is 0.0956. The van der Waals surface area contributed by atoms with Gasteiger partial charge in [-0.1, -0.05) is 12.1 Å². The van der Waals surface area contributed by atoms with Crippen LogP contribution in [0.4, 0.5) is 5.69 Å². The summed E-state index contributed by atoms with van der Waals surface area (Å²) in [5.74, 6) is 0.597. The van der Waals surface area contributed by atoms with Gasteiger partial charge >= 0.3 is 0 Å². The van der Waals surface area contributed by atoms with Crippen LogP contribution in [0.25, 0.3) is 21.1 Å². The summed E-state index contributed by atoms with van der Waals surface area (Å²) < 4.78 is 5.15. The molecule has 0 aliphatic carbocycles. The van der Waals surface area contributed by atoms with Crippen molar-refractivity contribution in [3.8, 4) is 5.75 Å². The number of carbonyl (C=O) groups is 1. The number of carbonyl (C=O) groups excluding carboxylic acids is 1. The molecule has 0 radical (unpaired) electrons. The Balaban J connectivity index is 1.62. The molecular weight excluding hydrogens is 370 g/mol. The number of ether oxygens (including phenoxy) is 1. The number of aryl methyl sites for hydroxylation is 2. The number of pyridine rings is 1. The first-order valence-electron chi connectivity index (χ1n) is 8.97. The van der Waals surface area contributed by atoms with E-state index >= 15 is 0 Å². The number of aromatic nitrogens is 1. The van der Waals surface area contributed by atoms with Crippen LogP contribution >= 0.6 is 11.3 Å². The second-order valence-electron chi connectivity index (χ2n) is 6.85. The van der Waals surface area contributed by atoms with Crippen LogP contribution in [0.5, 0.6) is 5.75 Å². The summed E-state index contributed by atoms with van der Waals surface area (Å²) in [4.78, 5) is 18.7. The Labute approximate surface area is 167 Å². The first kappa shape index (κ1) is 18.3. The van der Waals surface area contributed by atoms with Crippen molar-refractivity contribution in [2.24, 2.45) is 0 Å². The Kier molecular flexibility index (Phi) is 4.65. The minimum atomic E-state index is -0.187. The largest absolute Gasteiger partial charge is 0.497 e. The highest BCUT2D eigenvalue weighted by Gasteiger charge is 2.18. The molecule has 0 unspecified atom stereocenters. The minimum Gasteiger partial charge on any atom is -0.497 e. The standard InChI is InChI=1S/C22H21N3O2S/c1-12-8-15-10-17-19(23)20(28-22(17)25-18(15)9-13(12)2)21(26)24-11-14-4-6-16(27-3)7-5-14/h4-10H,11,23H2,1-3H3,(H,24,26). The predicted octanol–water partition coefficient (Wildman–Crippen LogP) is 4.59. The summed E-state index contributed by atoms with van der Waals surface area (Å²) in [6.07, 6.45) is 0. The van der Waals surface area contributed by atoms with Crippen molar-refractivity contribution < 1.29 is 9.53 Å². The molecule has 4 aromatic rings. The fourth-order valence-electron chi connectivity index (χ4n) is 3.14. The molecule has 2 aromatic heterocycles. The molecule has 28 heavy (non-hydrogen) atoms. The van der Waals surface area contributed by atoms with Gasteiger partial charge in [0.2, 0.25) is 0 Å². The molecule has 0 aliphatic rings. The zero-order chi connectivity index (χ0) is 19.8. The second-order valence-corrected chi connectivity index (χ2v) is 7.84. The maximum atomic E-state index is 12.7. The van der Waals surface area contributed by atoms with E-state index in [1.165, 1.54) is 22.5 Å². The zero-order valence-electron chi connectivity index (χ0n) is 16.0. The van der Waals surface area contributed by atoms with Crippen LogP contribution in [0.15, 0.2) is 42.5 Å². The Morgan fingerprint density at radius 1 is 1.14 bits per heavy atom. The number of hydrogen-bond donors (Lipinski definition) is 2. The maximum absolute atomic E-state index is 12.7. The van der Waals surface area contributed by atoms with Gasteiger partial charge in [0.25, 0.3) is 5.91 Å². The van der Waals surface area contributed by atoms with Gasteiger partial charge in [-0.15, -0.1) is 11.3 Å². The first-order valence-corrected chi connectivity index (χ1v) is 9.79. The molecule has 1 amide bonds. The third-order valence-electron chi connectivity index (χ3n) is 4.95. The third-order valence-corrected chi connectivity index (χ3v) is 6.06. The van der Waals surface area contributed by atoms with Crippen molar-refractivity contribution in [3.63, 3.8) is 0 Å². The Hall–Kier alpha value is -3.12. The highest BCUT2D eigenvalue weighted by Crippen LogP contribution is 2.35. The second kappa shape index (κ2) is 7.13. The van der Waals surface area contributed by atoms with Gasteiger partial charge in [0.15, 0.2) is 0 Å². The molecule has 6 heteroatoms. The van der Waals surface area contributed by atoms with Gasteiger partial charge in [-0.3, -0.25) is 4.79 Å². The highest BCUT2D eigenvalue weighted by molar-refractivity contribution is 7.21. The number of nitrogens with one attached hydrogen (secondary N) is 1. The number of benzene rings is 2. The number of amides is 1. The molecule has 0 saturated carbocycles. The molecule has 3 N–H and O–H groups in total. The van der Waals surface area contributed by atoms with E-state index in [9.17, 15) is 4.79 Å². The fourth-order valence-corrected chi connectivity index (χ4v) is 4.14.